The lowest BCUT2D eigenvalue weighted by molar-refractivity contribution is -0.116. The summed E-state index contributed by atoms with van der Waals surface area (Å²) in [6, 6.07) is 8.15. The summed E-state index contributed by atoms with van der Waals surface area (Å²) < 4.78 is 5.30. The summed E-state index contributed by atoms with van der Waals surface area (Å²) in [5, 5.41) is 3.53. The van der Waals surface area contributed by atoms with Gasteiger partial charge in [-0.2, -0.15) is 0 Å². The van der Waals surface area contributed by atoms with Crippen LogP contribution in [0, 0.1) is 6.92 Å². The van der Waals surface area contributed by atoms with Gasteiger partial charge in [-0.1, -0.05) is 26.2 Å². The van der Waals surface area contributed by atoms with E-state index in [0.717, 1.165) is 56.3 Å². The van der Waals surface area contributed by atoms with Crippen molar-refractivity contribution in [3.8, 4) is 5.75 Å². The lowest BCUT2D eigenvalue weighted by Gasteiger charge is -2.25. The molecule has 0 saturated heterocycles. The second kappa shape index (κ2) is 14.7. The summed E-state index contributed by atoms with van der Waals surface area (Å²) in [5.41, 5.74) is 1.75. The molecule has 7 nitrogen and oxygen atoms in total. The number of aromatic nitrogens is 2. The molecule has 1 heterocycles. The second-order valence-electron chi connectivity index (χ2n) is 8.36. The van der Waals surface area contributed by atoms with Crippen molar-refractivity contribution in [1.82, 2.24) is 9.97 Å². The van der Waals surface area contributed by atoms with Gasteiger partial charge in [0.2, 0.25) is 5.91 Å². The first-order chi connectivity index (χ1) is 16.4. The van der Waals surface area contributed by atoms with Gasteiger partial charge in [-0.05, 0) is 57.9 Å². The van der Waals surface area contributed by atoms with Crippen LogP contribution in [0.25, 0.3) is 0 Å². The van der Waals surface area contributed by atoms with E-state index in [9.17, 15) is 4.79 Å². The van der Waals surface area contributed by atoms with Crippen molar-refractivity contribution >= 4 is 35.7 Å². The molecular formula is C26H41N5O2S. The van der Waals surface area contributed by atoms with Gasteiger partial charge in [-0.3, -0.25) is 4.79 Å². The predicted octanol–water partition coefficient (Wildman–Crippen LogP) is 5.73. The highest BCUT2D eigenvalue weighted by molar-refractivity contribution is 7.80. The fourth-order valence-electron chi connectivity index (χ4n) is 3.93. The van der Waals surface area contributed by atoms with Gasteiger partial charge in [0.25, 0.3) is 0 Å². The molecule has 1 amide bonds. The van der Waals surface area contributed by atoms with E-state index in [-0.39, 0.29) is 5.91 Å². The first kappa shape index (κ1) is 27.8. The Labute approximate surface area is 210 Å². The lowest BCUT2D eigenvalue weighted by atomic mass is 10.1. The molecule has 1 aromatic heterocycles. The van der Waals surface area contributed by atoms with Crippen LogP contribution in [0.4, 0.5) is 17.2 Å². The normalized spacial score (nSPS) is 10.8. The summed E-state index contributed by atoms with van der Waals surface area (Å²) in [7, 11) is 1.68. The SMILES string of the molecule is CCCCCCN(CCCC(=O)Nc1c(S)nc(C)nc1N(CC)CC)c1ccc(OC)cc1. The number of hydrogen-bond donors (Lipinski definition) is 2. The quantitative estimate of drug-likeness (QED) is 0.190. The summed E-state index contributed by atoms with van der Waals surface area (Å²) in [4.78, 5) is 26.2. The van der Waals surface area contributed by atoms with Crippen molar-refractivity contribution in [3.05, 3.63) is 30.1 Å². The van der Waals surface area contributed by atoms with E-state index in [0.29, 0.717) is 23.0 Å². The molecule has 1 N–H and O–H groups in total. The van der Waals surface area contributed by atoms with Crippen LogP contribution in [0.1, 0.15) is 65.1 Å². The molecule has 0 aliphatic heterocycles. The molecule has 0 radical (unpaired) electrons. The summed E-state index contributed by atoms with van der Waals surface area (Å²) in [6.45, 7) is 11.6. The minimum atomic E-state index is -0.0446. The van der Waals surface area contributed by atoms with Gasteiger partial charge < -0.3 is 19.9 Å². The average molecular weight is 488 g/mol. The molecule has 0 bridgehead atoms. The number of ether oxygens (including phenoxy) is 1. The van der Waals surface area contributed by atoms with Crippen molar-refractivity contribution in [3.63, 3.8) is 0 Å². The van der Waals surface area contributed by atoms with E-state index in [2.05, 4.69) is 70.6 Å². The van der Waals surface area contributed by atoms with Crippen molar-refractivity contribution in [2.75, 3.05) is 48.4 Å². The lowest BCUT2D eigenvalue weighted by Crippen LogP contribution is -2.28. The van der Waals surface area contributed by atoms with Crippen LogP contribution >= 0.6 is 12.6 Å². The summed E-state index contributed by atoms with van der Waals surface area (Å²) in [5.74, 6) is 2.17. The van der Waals surface area contributed by atoms with E-state index in [1.807, 2.05) is 19.1 Å². The largest absolute Gasteiger partial charge is 0.497 e. The number of thiol groups is 1. The zero-order chi connectivity index (χ0) is 24.9. The van der Waals surface area contributed by atoms with Crippen molar-refractivity contribution < 1.29 is 9.53 Å². The smallest absolute Gasteiger partial charge is 0.224 e. The Hall–Kier alpha value is -2.48. The minimum Gasteiger partial charge on any atom is -0.497 e. The minimum absolute atomic E-state index is 0.0446. The molecule has 1 aromatic carbocycles. The van der Waals surface area contributed by atoms with Gasteiger partial charge in [0.05, 0.1) is 7.11 Å². The van der Waals surface area contributed by atoms with Crippen LogP contribution in [0.15, 0.2) is 29.3 Å². The molecule has 0 atom stereocenters. The van der Waals surface area contributed by atoms with Crippen molar-refractivity contribution in [2.24, 2.45) is 0 Å². The number of carbonyl (C=O) groups is 1. The first-order valence-electron chi connectivity index (χ1n) is 12.4. The number of benzene rings is 1. The maximum absolute atomic E-state index is 12.8. The number of aryl methyl sites for hydroxylation is 1. The number of anilines is 3. The van der Waals surface area contributed by atoms with E-state index in [4.69, 9.17) is 4.74 Å². The third-order valence-electron chi connectivity index (χ3n) is 5.86. The highest BCUT2D eigenvalue weighted by atomic mass is 32.1. The maximum Gasteiger partial charge on any atom is 0.224 e. The molecule has 0 saturated carbocycles. The molecule has 0 aliphatic carbocycles. The number of unbranched alkanes of at least 4 members (excludes halogenated alkanes) is 3. The Bertz CT molecular complexity index is 888. The molecule has 0 spiro atoms. The Morgan fingerprint density at radius 2 is 1.65 bits per heavy atom. The summed E-state index contributed by atoms with van der Waals surface area (Å²) >= 11 is 4.52. The molecule has 0 unspecified atom stereocenters. The Kier molecular flexibility index (Phi) is 12.0. The van der Waals surface area contributed by atoms with Gasteiger partial charge in [-0.25, -0.2) is 9.97 Å². The van der Waals surface area contributed by atoms with Gasteiger partial charge in [0.15, 0.2) is 5.82 Å². The highest BCUT2D eigenvalue weighted by Gasteiger charge is 2.18. The Balaban J connectivity index is 2.02. The van der Waals surface area contributed by atoms with E-state index in [1.165, 1.54) is 19.3 Å². The molecule has 0 aliphatic rings. The van der Waals surface area contributed by atoms with Crippen LogP contribution in [-0.2, 0) is 4.79 Å². The molecule has 2 rings (SSSR count). The van der Waals surface area contributed by atoms with Crippen molar-refractivity contribution in [2.45, 2.75) is 71.2 Å². The number of carbonyl (C=O) groups excluding carboxylic acids is 1. The van der Waals surface area contributed by atoms with Crippen LogP contribution in [-0.4, -0.2) is 49.2 Å². The second-order valence-corrected chi connectivity index (χ2v) is 8.79. The first-order valence-corrected chi connectivity index (χ1v) is 12.9. The zero-order valence-corrected chi connectivity index (χ0v) is 22.3. The molecule has 34 heavy (non-hydrogen) atoms. The topological polar surface area (TPSA) is 70.6 Å². The number of rotatable bonds is 15. The maximum atomic E-state index is 12.8. The number of nitrogens with zero attached hydrogens (tertiary/aromatic N) is 4. The Morgan fingerprint density at radius 1 is 0.971 bits per heavy atom. The average Bonchev–Trinajstić information content (AvgIpc) is 2.83. The van der Waals surface area contributed by atoms with Crippen molar-refractivity contribution in [1.29, 1.82) is 0 Å². The van der Waals surface area contributed by atoms with Gasteiger partial charge in [0, 0.05) is 38.3 Å². The standard InChI is InChI=1S/C26H41N5O2S/c1-6-9-10-11-18-31(21-14-16-22(33-5)17-15-21)19-12-13-23(32)29-24-25(30(7-2)8-3)27-20(4)28-26(24)34/h14-17H,6-13,18-19H2,1-5H3,(H,29,32)(H,27,28,34). The molecule has 188 valence electrons. The fourth-order valence-corrected chi connectivity index (χ4v) is 4.23. The van der Waals surface area contributed by atoms with Gasteiger partial charge >= 0.3 is 0 Å². The zero-order valence-electron chi connectivity index (χ0n) is 21.4. The molecule has 8 heteroatoms. The number of nitrogens with one attached hydrogen (secondary N) is 1. The monoisotopic (exact) mass is 487 g/mol. The number of methoxy groups -OCH3 is 1. The molecule has 0 fully saturated rings. The van der Waals surface area contributed by atoms with Crippen LogP contribution < -0.4 is 19.9 Å². The van der Waals surface area contributed by atoms with Gasteiger partial charge in [0.1, 0.15) is 22.3 Å². The fraction of sp³-hybridized carbons (Fsp3) is 0.577. The highest BCUT2D eigenvalue weighted by Crippen LogP contribution is 2.29. The third kappa shape index (κ3) is 8.38. The van der Waals surface area contributed by atoms with E-state index in [1.54, 1.807) is 7.11 Å². The summed E-state index contributed by atoms with van der Waals surface area (Å²) in [6.07, 6.45) is 5.99. The Morgan fingerprint density at radius 3 is 2.26 bits per heavy atom. The third-order valence-corrected chi connectivity index (χ3v) is 6.18. The van der Waals surface area contributed by atoms with Crippen LogP contribution in [0.3, 0.4) is 0 Å². The van der Waals surface area contributed by atoms with Gasteiger partial charge in [-0.15, -0.1) is 12.6 Å². The molecule has 2 aromatic rings. The van der Waals surface area contributed by atoms with E-state index >= 15 is 0 Å². The molecular weight excluding hydrogens is 446 g/mol. The van der Waals surface area contributed by atoms with E-state index < -0.39 is 0 Å². The number of hydrogen-bond acceptors (Lipinski definition) is 7. The predicted molar refractivity (Wildman–Crippen MR) is 145 cm³/mol. The number of amides is 1. The van der Waals surface area contributed by atoms with Crippen LogP contribution in [0.5, 0.6) is 5.75 Å². The van der Waals surface area contributed by atoms with Crippen LogP contribution in [0.2, 0.25) is 0 Å².